The van der Waals surface area contributed by atoms with Crippen LogP contribution >= 0.6 is 11.6 Å². The largest absolute Gasteiger partial charge is 0.475 e. The van der Waals surface area contributed by atoms with Gasteiger partial charge in [-0.3, -0.25) is 0 Å². The second-order valence-corrected chi connectivity index (χ2v) is 3.89. The number of aromatic nitrogens is 3. The van der Waals surface area contributed by atoms with E-state index in [1.54, 1.807) is 0 Å². The van der Waals surface area contributed by atoms with Crippen molar-refractivity contribution in [3.63, 3.8) is 0 Å². The van der Waals surface area contributed by atoms with Crippen LogP contribution in [-0.2, 0) is 6.18 Å². The van der Waals surface area contributed by atoms with Crippen molar-refractivity contribution in [3.8, 4) is 5.69 Å². The van der Waals surface area contributed by atoms with Gasteiger partial charge in [-0.05, 0) is 18.2 Å². The average Bonchev–Trinajstić information content (AvgIpc) is 2.73. The van der Waals surface area contributed by atoms with Crippen molar-refractivity contribution in [1.82, 2.24) is 14.8 Å². The van der Waals surface area contributed by atoms with Crippen molar-refractivity contribution in [3.05, 3.63) is 40.9 Å². The van der Waals surface area contributed by atoms with Crippen molar-refractivity contribution in [2.45, 2.75) is 6.18 Å². The fourth-order valence-corrected chi connectivity index (χ4v) is 1.56. The quantitative estimate of drug-likeness (QED) is 0.923. The second-order valence-electron chi connectivity index (χ2n) is 3.45. The Labute approximate surface area is 109 Å². The molecule has 1 heterocycles. The summed E-state index contributed by atoms with van der Waals surface area (Å²) in [5, 5.41) is 12.2. The van der Waals surface area contributed by atoms with Crippen LogP contribution in [0.3, 0.4) is 0 Å². The number of carbonyl (C=O) groups is 1. The maximum Gasteiger partial charge on any atom is 0.451 e. The summed E-state index contributed by atoms with van der Waals surface area (Å²) in [6.07, 6.45) is -4.83. The van der Waals surface area contributed by atoms with Gasteiger partial charge in [-0.25, -0.2) is 9.48 Å². The Bertz CT molecular complexity index is 639. The normalized spacial score (nSPS) is 11.6. The monoisotopic (exact) mass is 291 g/mol. The Morgan fingerprint density at radius 1 is 1.37 bits per heavy atom. The van der Waals surface area contributed by atoms with Crippen LogP contribution in [0.15, 0.2) is 24.3 Å². The molecule has 0 atom stereocenters. The van der Waals surface area contributed by atoms with E-state index in [-0.39, 0.29) is 10.7 Å². The summed E-state index contributed by atoms with van der Waals surface area (Å²) in [6, 6.07) is 5.41. The van der Waals surface area contributed by atoms with Gasteiger partial charge < -0.3 is 5.11 Å². The number of halogens is 4. The highest BCUT2D eigenvalue weighted by Crippen LogP contribution is 2.30. The molecule has 0 amide bonds. The van der Waals surface area contributed by atoms with Crippen LogP contribution in [0.25, 0.3) is 5.69 Å². The first kappa shape index (κ1) is 13.3. The van der Waals surface area contributed by atoms with Crippen LogP contribution in [0.5, 0.6) is 0 Å². The van der Waals surface area contributed by atoms with E-state index in [1.165, 1.54) is 24.3 Å². The second kappa shape index (κ2) is 4.54. The molecule has 9 heteroatoms. The van der Waals surface area contributed by atoms with E-state index in [4.69, 9.17) is 16.7 Å². The standard InChI is InChI=1S/C10H5ClF3N3O2/c11-5-2-1-3-6(4-5)17-9(10(12,13)14)15-7(16-17)8(18)19/h1-4H,(H,18,19). The third-order valence-corrected chi connectivity index (χ3v) is 2.34. The van der Waals surface area contributed by atoms with E-state index < -0.39 is 23.8 Å². The van der Waals surface area contributed by atoms with Gasteiger partial charge in [-0.2, -0.15) is 18.2 Å². The molecule has 0 aliphatic carbocycles. The van der Waals surface area contributed by atoms with Crippen molar-refractivity contribution >= 4 is 17.6 Å². The van der Waals surface area contributed by atoms with E-state index in [2.05, 4.69) is 10.1 Å². The van der Waals surface area contributed by atoms with Crippen LogP contribution in [-0.4, -0.2) is 25.8 Å². The number of alkyl halides is 3. The van der Waals surface area contributed by atoms with Crippen LogP contribution in [0.1, 0.15) is 16.4 Å². The topological polar surface area (TPSA) is 68.0 Å². The highest BCUT2D eigenvalue weighted by atomic mass is 35.5. The first-order valence-electron chi connectivity index (χ1n) is 4.82. The zero-order chi connectivity index (χ0) is 14.2. The number of rotatable bonds is 2. The molecule has 0 saturated heterocycles. The Kier molecular flexibility index (Phi) is 3.19. The van der Waals surface area contributed by atoms with E-state index in [0.717, 1.165) is 0 Å². The third kappa shape index (κ3) is 2.68. The molecule has 0 aliphatic heterocycles. The number of carboxylic acids is 1. The van der Waals surface area contributed by atoms with E-state index in [0.29, 0.717) is 4.68 Å². The van der Waals surface area contributed by atoms with Crippen molar-refractivity contribution in [2.24, 2.45) is 0 Å². The summed E-state index contributed by atoms with van der Waals surface area (Å²) < 4.78 is 38.7. The van der Waals surface area contributed by atoms with Gasteiger partial charge in [0.2, 0.25) is 5.82 Å². The molecule has 1 N–H and O–H groups in total. The number of carboxylic acid groups (broad SMARTS) is 1. The summed E-state index contributed by atoms with van der Waals surface area (Å²) >= 11 is 5.67. The summed E-state index contributed by atoms with van der Waals surface area (Å²) in [5.41, 5.74) is -0.0279. The maximum atomic E-state index is 12.8. The smallest absolute Gasteiger partial charge is 0.451 e. The Hall–Kier alpha value is -2.09. The fraction of sp³-hybridized carbons (Fsp3) is 0.100. The molecule has 1 aromatic heterocycles. The molecule has 0 fully saturated rings. The summed E-state index contributed by atoms with van der Waals surface area (Å²) in [4.78, 5) is 13.6. The van der Waals surface area contributed by atoms with Gasteiger partial charge >= 0.3 is 12.1 Å². The maximum absolute atomic E-state index is 12.8. The van der Waals surface area contributed by atoms with Gasteiger partial charge in [0.1, 0.15) is 0 Å². The van der Waals surface area contributed by atoms with E-state index in [1.807, 2.05) is 0 Å². The first-order valence-corrected chi connectivity index (χ1v) is 5.20. The minimum absolute atomic E-state index is 0.0279. The zero-order valence-corrected chi connectivity index (χ0v) is 9.77. The molecule has 0 spiro atoms. The van der Waals surface area contributed by atoms with Gasteiger partial charge in [-0.15, -0.1) is 5.10 Å². The first-order chi connectivity index (χ1) is 8.79. The molecule has 0 radical (unpaired) electrons. The van der Waals surface area contributed by atoms with Gasteiger partial charge in [0, 0.05) is 5.02 Å². The van der Waals surface area contributed by atoms with E-state index in [9.17, 15) is 18.0 Å². The molecule has 100 valence electrons. The van der Waals surface area contributed by atoms with Crippen molar-refractivity contribution in [2.75, 3.05) is 0 Å². The lowest BCUT2D eigenvalue weighted by Gasteiger charge is -2.08. The van der Waals surface area contributed by atoms with Gasteiger partial charge in [0.25, 0.3) is 5.82 Å². The van der Waals surface area contributed by atoms with Gasteiger partial charge in [0.15, 0.2) is 0 Å². The van der Waals surface area contributed by atoms with Crippen molar-refractivity contribution in [1.29, 1.82) is 0 Å². The lowest BCUT2D eigenvalue weighted by Crippen LogP contribution is -2.14. The molecule has 19 heavy (non-hydrogen) atoms. The minimum atomic E-state index is -4.83. The number of hydrogen-bond acceptors (Lipinski definition) is 3. The minimum Gasteiger partial charge on any atom is -0.475 e. The Morgan fingerprint density at radius 2 is 2.05 bits per heavy atom. The number of nitrogens with zero attached hydrogens (tertiary/aromatic N) is 3. The summed E-state index contributed by atoms with van der Waals surface area (Å²) in [7, 11) is 0. The molecule has 0 aliphatic rings. The van der Waals surface area contributed by atoms with Crippen molar-refractivity contribution < 1.29 is 23.1 Å². The molecular formula is C10H5ClF3N3O2. The summed E-state index contributed by atoms with van der Waals surface area (Å²) in [5.74, 6) is -4.01. The molecule has 2 rings (SSSR count). The molecule has 0 unspecified atom stereocenters. The van der Waals surface area contributed by atoms with Crippen LogP contribution in [0.2, 0.25) is 5.02 Å². The van der Waals surface area contributed by atoms with E-state index >= 15 is 0 Å². The molecule has 1 aromatic carbocycles. The highest BCUT2D eigenvalue weighted by Gasteiger charge is 2.39. The molecule has 0 saturated carbocycles. The molecule has 5 nitrogen and oxygen atoms in total. The van der Waals surface area contributed by atoms with Gasteiger partial charge in [-0.1, -0.05) is 17.7 Å². The predicted octanol–water partition coefficient (Wildman–Crippen LogP) is 2.64. The average molecular weight is 292 g/mol. The number of hydrogen-bond donors (Lipinski definition) is 1. The SMILES string of the molecule is O=C(O)c1nc(C(F)(F)F)n(-c2cccc(Cl)c2)n1. The lowest BCUT2D eigenvalue weighted by atomic mass is 10.3. The lowest BCUT2D eigenvalue weighted by molar-refractivity contribution is -0.146. The number of benzene rings is 1. The molecular weight excluding hydrogens is 287 g/mol. The third-order valence-electron chi connectivity index (χ3n) is 2.10. The predicted molar refractivity (Wildman–Crippen MR) is 58.3 cm³/mol. The Balaban J connectivity index is 2.64. The fourth-order valence-electron chi connectivity index (χ4n) is 1.37. The molecule has 2 aromatic rings. The highest BCUT2D eigenvalue weighted by molar-refractivity contribution is 6.30. The molecule has 0 bridgehead atoms. The van der Waals surface area contributed by atoms with Gasteiger partial charge in [0.05, 0.1) is 5.69 Å². The summed E-state index contributed by atoms with van der Waals surface area (Å²) in [6.45, 7) is 0. The zero-order valence-electron chi connectivity index (χ0n) is 9.02. The van der Waals surface area contributed by atoms with Crippen LogP contribution < -0.4 is 0 Å². The number of aromatic carboxylic acids is 1. The van der Waals surface area contributed by atoms with Crippen LogP contribution in [0, 0.1) is 0 Å². The van der Waals surface area contributed by atoms with Crippen LogP contribution in [0.4, 0.5) is 13.2 Å². The Morgan fingerprint density at radius 3 is 2.58 bits per heavy atom.